The highest BCUT2D eigenvalue weighted by atomic mass is 35.5. The molecule has 3 aromatic rings. The molecule has 3 amide bonds. The summed E-state index contributed by atoms with van der Waals surface area (Å²) >= 11 is 15.4. The van der Waals surface area contributed by atoms with Crippen molar-refractivity contribution in [2.75, 3.05) is 19.6 Å². The number of ketones is 2. The zero-order valence-corrected chi connectivity index (χ0v) is 37.2. The van der Waals surface area contributed by atoms with Crippen molar-refractivity contribution in [1.82, 2.24) is 30.9 Å². The van der Waals surface area contributed by atoms with E-state index in [1.807, 2.05) is 20.8 Å². The predicted octanol–water partition coefficient (Wildman–Crippen LogP) is 8.04. The van der Waals surface area contributed by atoms with E-state index in [2.05, 4.69) is 30.9 Å². The highest BCUT2D eigenvalue weighted by Crippen LogP contribution is 2.25. The first kappa shape index (κ1) is 50.1. The van der Waals surface area contributed by atoms with Gasteiger partial charge in [-0.15, -0.1) is 34.0 Å². The molecule has 0 fully saturated rings. The van der Waals surface area contributed by atoms with Crippen LogP contribution >= 0.6 is 57.2 Å². The van der Waals surface area contributed by atoms with Crippen molar-refractivity contribution in [3.05, 3.63) is 46.2 Å². The van der Waals surface area contributed by atoms with Crippen molar-refractivity contribution in [3.63, 3.8) is 0 Å². The molecule has 312 valence electrons. The fraction of sp³-hybridized carbons (Fsp3) is 0.571. The molecule has 0 aliphatic rings. The first-order valence-electron chi connectivity index (χ1n) is 17.1. The standard InChI is InChI=1S/C12H17ClN2O3S.C12H18N2O3S.C11H15ClN2O4S/c1-7(16)9-10(13)19-8(15-9)5-6-14-11(17)18-12(2,3)4;1-8(15)9-7-18-10(14-9)5-6-13-11(16)17-12(2,3)4;1-11(2,3)18-10(17)13-5-4-6-14-7(9(15)16)8(12)19-6/h5-6H2,1-4H3,(H,14,17);7H,5-6H2,1-4H3,(H,13,16);4-5H2,1-3H3,(H,13,17)(H,15,16). The molecular formula is C35H50Cl2N6O10S3. The molecule has 0 aliphatic carbocycles. The van der Waals surface area contributed by atoms with Crippen LogP contribution in [-0.4, -0.2) is 92.3 Å². The number of thiazole rings is 3. The molecule has 3 heterocycles. The molecule has 0 bridgehead atoms. The number of amides is 3. The molecule has 3 aromatic heterocycles. The summed E-state index contributed by atoms with van der Waals surface area (Å²) in [5, 5.41) is 20.4. The summed E-state index contributed by atoms with van der Waals surface area (Å²) in [6.45, 7) is 20.2. The third-order valence-corrected chi connectivity index (χ3v) is 9.27. The van der Waals surface area contributed by atoms with Gasteiger partial charge in [0.15, 0.2) is 17.3 Å². The lowest BCUT2D eigenvalue weighted by atomic mass is 10.2. The Bertz CT molecular complexity index is 1720. The minimum Gasteiger partial charge on any atom is -0.476 e. The number of hydrogen-bond donors (Lipinski definition) is 4. The fourth-order valence-electron chi connectivity index (χ4n) is 3.59. The van der Waals surface area contributed by atoms with Gasteiger partial charge < -0.3 is 35.3 Å². The van der Waals surface area contributed by atoms with Gasteiger partial charge in [0.05, 0.1) is 15.0 Å². The number of alkyl carbamates (subject to hydrolysis) is 3. The Morgan fingerprint density at radius 2 is 0.964 bits per heavy atom. The van der Waals surface area contributed by atoms with Crippen molar-refractivity contribution in [3.8, 4) is 0 Å². The Morgan fingerprint density at radius 3 is 1.25 bits per heavy atom. The van der Waals surface area contributed by atoms with Crippen molar-refractivity contribution < 1.29 is 48.1 Å². The van der Waals surface area contributed by atoms with Crippen molar-refractivity contribution in [2.24, 2.45) is 0 Å². The van der Waals surface area contributed by atoms with E-state index in [1.54, 1.807) is 46.9 Å². The largest absolute Gasteiger partial charge is 0.476 e. The molecule has 0 radical (unpaired) electrons. The summed E-state index contributed by atoms with van der Waals surface area (Å²) in [4.78, 5) is 79.3. The van der Waals surface area contributed by atoms with Crippen LogP contribution in [0.5, 0.6) is 0 Å². The molecule has 0 saturated heterocycles. The van der Waals surface area contributed by atoms with Gasteiger partial charge in [-0.05, 0) is 62.3 Å². The van der Waals surface area contributed by atoms with E-state index in [1.165, 1.54) is 36.5 Å². The van der Waals surface area contributed by atoms with Crippen LogP contribution in [0.25, 0.3) is 0 Å². The summed E-state index contributed by atoms with van der Waals surface area (Å²) in [7, 11) is 0. The Kier molecular flexibility index (Phi) is 20.3. The minimum atomic E-state index is -1.16. The molecule has 4 N–H and O–H groups in total. The Morgan fingerprint density at radius 1 is 0.607 bits per heavy atom. The molecule has 0 unspecified atom stereocenters. The van der Waals surface area contributed by atoms with Crippen LogP contribution in [0.15, 0.2) is 5.38 Å². The van der Waals surface area contributed by atoms with Crippen molar-refractivity contribution in [1.29, 1.82) is 0 Å². The zero-order valence-electron chi connectivity index (χ0n) is 33.3. The fourth-order valence-corrected chi connectivity index (χ4v) is 6.88. The van der Waals surface area contributed by atoms with Crippen LogP contribution in [0, 0.1) is 0 Å². The lowest BCUT2D eigenvalue weighted by Crippen LogP contribution is -2.33. The number of nitrogens with zero attached hydrogens (tertiary/aromatic N) is 3. The number of carbonyl (C=O) groups is 6. The van der Waals surface area contributed by atoms with Gasteiger partial charge in [0, 0.05) is 58.1 Å². The van der Waals surface area contributed by atoms with Crippen LogP contribution in [0.1, 0.15) is 123 Å². The van der Waals surface area contributed by atoms with Crippen LogP contribution in [-0.2, 0) is 33.5 Å². The van der Waals surface area contributed by atoms with Crippen LogP contribution in [0.4, 0.5) is 14.4 Å². The summed E-state index contributed by atoms with van der Waals surface area (Å²) in [5.74, 6) is -1.36. The van der Waals surface area contributed by atoms with Gasteiger partial charge in [-0.2, -0.15) is 0 Å². The van der Waals surface area contributed by atoms with Gasteiger partial charge in [0.25, 0.3) is 0 Å². The van der Waals surface area contributed by atoms with Gasteiger partial charge in [-0.1, -0.05) is 23.2 Å². The average Bonchev–Trinajstić information content (AvgIpc) is 3.73. The maximum Gasteiger partial charge on any atom is 0.407 e. The molecule has 3 rings (SSSR count). The number of rotatable bonds is 12. The van der Waals surface area contributed by atoms with Crippen molar-refractivity contribution >= 4 is 93.0 Å². The van der Waals surface area contributed by atoms with E-state index in [4.69, 9.17) is 42.5 Å². The molecular weight excluding hydrogens is 832 g/mol. The summed E-state index contributed by atoms with van der Waals surface area (Å²) < 4.78 is 15.8. The molecule has 0 aliphatic heterocycles. The number of halogens is 2. The molecule has 0 atom stereocenters. The van der Waals surface area contributed by atoms with E-state index in [-0.39, 0.29) is 21.6 Å². The number of hydrogen-bond acceptors (Lipinski definition) is 15. The number of nitrogens with one attached hydrogen (secondary N) is 3. The normalized spacial score (nSPS) is 11.2. The quantitative estimate of drug-likeness (QED) is 0.0999. The second kappa shape index (κ2) is 22.7. The second-order valence-corrected chi connectivity index (χ2v) is 18.9. The van der Waals surface area contributed by atoms with Gasteiger partial charge in [-0.3, -0.25) is 9.59 Å². The van der Waals surface area contributed by atoms with Gasteiger partial charge >= 0.3 is 24.2 Å². The molecule has 0 saturated carbocycles. The van der Waals surface area contributed by atoms with Crippen molar-refractivity contribution in [2.45, 2.75) is 112 Å². The molecule has 0 spiro atoms. The maximum absolute atomic E-state index is 11.4. The first-order chi connectivity index (χ1) is 25.7. The maximum atomic E-state index is 11.4. The summed E-state index contributed by atoms with van der Waals surface area (Å²) in [6.07, 6.45) is 0.0757. The van der Waals surface area contributed by atoms with E-state index in [9.17, 15) is 28.8 Å². The number of carboxylic acids is 1. The van der Waals surface area contributed by atoms with Gasteiger partial charge in [-0.25, -0.2) is 34.1 Å². The number of ether oxygens (including phenoxy) is 3. The van der Waals surface area contributed by atoms with Crippen LogP contribution in [0.2, 0.25) is 8.67 Å². The van der Waals surface area contributed by atoms with Crippen LogP contribution < -0.4 is 16.0 Å². The number of aromatic nitrogens is 3. The summed E-state index contributed by atoms with van der Waals surface area (Å²) in [5.41, 5.74) is -0.945. The molecule has 16 nitrogen and oxygen atoms in total. The smallest absolute Gasteiger partial charge is 0.407 e. The van der Waals surface area contributed by atoms with E-state index in [0.29, 0.717) is 64.6 Å². The third kappa shape index (κ3) is 22.0. The topological polar surface area (TPSA) is 225 Å². The monoisotopic (exact) mass is 880 g/mol. The highest BCUT2D eigenvalue weighted by molar-refractivity contribution is 7.16. The first-order valence-corrected chi connectivity index (χ1v) is 20.3. The van der Waals surface area contributed by atoms with Crippen LogP contribution in [0.3, 0.4) is 0 Å². The number of Topliss-reactive ketones (excluding diaryl/α,β-unsaturated/α-hetero) is 2. The lowest BCUT2D eigenvalue weighted by Gasteiger charge is -2.19. The Labute approximate surface area is 348 Å². The summed E-state index contributed by atoms with van der Waals surface area (Å²) in [6, 6.07) is 0. The zero-order chi connectivity index (χ0) is 43.0. The van der Waals surface area contributed by atoms with E-state index < -0.39 is 41.1 Å². The second-order valence-electron chi connectivity index (χ2n) is 14.5. The molecule has 0 aromatic carbocycles. The van der Waals surface area contributed by atoms with E-state index >= 15 is 0 Å². The number of carboxylic acid groups (broad SMARTS) is 1. The number of carbonyl (C=O) groups excluding carboxylic acids is 5. The average molecular weight is 882 g/mol. The number of aromatic carboxylic acids is 1. The molecule has 21 heteroatoms. The SMILES string of the molecule is CC(=O)c1csc(CCNC(=O)OC(C)(C)C)n1.CC(=O)c1nc(CCNC(=O)OC(C)(C)C)sc1Cl.CC(C)(C)OC(=O)NCCc1nc(C(=O)O)c(Cl)s1. The Hall–Kier alpha value is -3.91. The molecule has 56 heavy (non-hydrogen) atoms. The minimum absolute atomic E-state index is 0.0439. The lowest BCUT2D eigenvalue weighted by molar-refractivity contribution is 0.0517. The predicted molar refractivity (Wildman–Crippen MR) is 217 cm³/mol. The third-order valence-electron chi connectivity index (χ3n) is 5.73. The van der Waals surface area contributed by atoms with Gasteiger partial charge in [0.1, 0.15) is 36.9 Å². The van der Waals surface area contributed by atoms with E-state index in [0.717, 1.165) is 16.3 Å². The van der Waals surface area contributed by atoms with Gasteiger partial charge in [0.2, 0.25) is 0 Å². The highest BCUT2D eigenvalue weighted by Gasteiger charge is 2.19. The Balaban J connectivity index is 0.000000420.